The van der Waals surface area contributed by atoms with E-state index in [1.165, 1.54) is 0 Å². The van der Waals surface area contributed by atoms with Gasteiger partial charge in [0.1, 0.15) is 0 Å². The fourth-order valence-electron chi connectivity index (χ4n) is 2.37. The molecule has 1 aromatic carbocycles. The topological polar surface area (TPSA) is 113 Å². The van der Waals surface area contributed by atoms with Crippen LogP contribution in [0.2, 0.25) is 0 Å². The Kier molecular flexibility index (Phi) is 5.92. The second kappa shape index (κ2) is 7.92. The normalized spacial score (nSPS) is 11.5. The Labute approximate surface area is 141 Å². The third-order valence-electron chi connectivity index (χ3n) is 4.37. The molecule has 7 heteroatoms. The minimum atomic E-state index is -0.368. The molecule has 24 heavy (non-hydrogen) atoms. The second-order valence-electron chi connectivity index (χ2n) is 5.97. The lowest BCUT2D eigenvalue weighted by Gasteiger charge is -2.26. The zero-order valence-electron chi connectivity index (χ0n) is 14.2. The van der Waals surface area contributed by atoms with Crippen LogP contribution in [0.25, 0.3) is 10.9 Å². The number of fused-ring (bicyclic) bond motifs is 1. The van der Waals surface area contributed by atoms with Gasteiger partial charge in [-0.05, 0) is 18.9 Å². The fourth-order valence-corrected chi connectivity index (χ4v) is 2.37. The monoisotopic (exact) mass is 331 g/mol. The van der Waals surface area contributed by atoms with Crippen molar-refractivity contribution in [3.8, 4) is 0 Å². The van der Waals surface area contributed by atoms with Crippen molar-refractivity contribution in [2.45, 2.75) is 38.6 Å². The van der Waals surface area contributed by atoms with E-state index in [9.17, 15) is 9.59 Å². The Balaban J connectivity index is 1.79. The van der Waals surface area contributed by atoms with Crippen LogP contribution in [-0.4, -0.2) is 40.6 Å². The molecule has 0 aliphatic rings. The fraction of sp³-hybridized carbons (Fsp3) is 0.471. The molecule has 0 unspecified atom stereocenters. The molecule has 0 atom stereocenters. The molecule has 0 spiro atoms. The van der Waals surface area contributed by atoms with Crippen LogP contribution in [0.1, 0.15) is 43.6 Å². The number of rotatable bonds is 8. The summed E-state index contributed by atoms with van der Waals surface area (Å²) in [5.74, 6) is -0.422. The summed E-state index contributed by atoms with van der Waals surface area (Å²) in [6, 6.07) is 7.41. The van der Waals surface area contributed by atoms with Crippen molar-refractivity contribution in [3.63, 3.8) is 0 Å². The van der Waals surface area contributed by atoms with E-state index in [0.717, 1.165) is 23.7 Å². The first-order chi connectivity index (χ1) is 11.5. The number of carbonyl (C=O) groups is 2. The number of aromatic amines is 1. The number of nitrogens with zero attached hydrogens (tertiary/aromatic N) is 1. The largest absolute Gasteiger partial charge is 0.354 e. The molecule has 0 aliphatic heterocycles. The molecule has 2 amide bonds. The van der Waals surface area contributed by atoms with Crippen molar-refractivity contribution < 1.29 is 9.59 Å². The summed E-state index contributed by atoms with van der Waals surface area (Å²) < 4.78 is 0. The van der Waals surface area contributed by atoms with Crippen molar-refractivity contribution in [2.75, 3.05) is 13.1 Å². The highest BCUT2D eigenvalue weighted by molar-refractivity contribution is 6.04. The van der Waals surface area contributed by atoms with Gasteiger partial charge in [-0.2, -0.15) is 5.10 Å². The zero-order valence-corrected chi connectivity index (χ0v) is 14.2. The van der Waals surface area contributed by atoms with Gasteiger partial charge in [0.05, 0.1) is 5.52 Å². The molecule has 0 saturated heterocycles. The Morgan fingerprint density at radius 2 is 1.92 bits per heavy atom. The van der Waals surface area contributed by atoms with E-state index in [-0.39, 0.29) is 30.3 Å². The number of hydrogen-bond acceptors (Lipinski definition) is 4. The molecule has 1 aromatic heterocycles. The molecule has 0 aliphatic carbocycles. The average Bonchev–Trinajstić information content (AvgIpc) is 3.03. The van der Waals surface area contributed by atoms with Crippen molar-refractivity contribution in [1.82, 2.24) is 20.8 Å². The van der Waals surface area contributed by atoms with Gasteiger partial charge in [-0.15, -0.1) is 0 Å². The number of hydrogen-bond donors (Lipinski definition) is 4. The predicted molar refractivity (Wildman–Crippen MR) is 93.6 cm³/mol. The molecule has 5 N–H and O–H groups in total. The quantitative estimate of drug-likeness (QED) is 0.584. The smallest absolute Gasteiger partial charge is 0.272 e. The summed E-state index contributed by atoms with van der Waals surface area (Å²) in [5, 5.41) is 13.2. The number of amides is 2. The maximum Gasteiger partial charge on any atom is 0.272 e. The standard InChI is InChI=1S/C17H25N5O2/c1-3-17(18,4-2)11-20-14(23)9-10-19-16(24)15-12-7-5-6-8-13(12)21-22-15/h5-8H,3-4,9-11,18H2,1-2H3,(H,19,24)(H,20,23)(H,21,22). The molecule has 2 rings (SSSR count). The van der Waals surface area contributed by atoms with E-state index in [1.54, 1.807) is 0 Å². The predicted octanol–water partition coefficient (Wildman–Crippen LogP) is 1.32. The van der Waals surface area contributed by atoms with Crippen molar-refractivity contribution in [2.24, 2.45) is 5.73 Å². The molecule has 2 aromatic rings. The van der Waals surface area contributed by atoms with Crippen LogP contribution in [0.3, 0.4) is 0 Å². The van der Waals surface area contributed by atoms with Gasteiger partial charge in [-0.3, -0.25) is 14.7 Å². The van der Waals surface area contributed by atoms with Crippen LogP contribution in [-0.2, 0) is 4.79 Å². The van der Waals surface area contributed by atoms with Crippen LogP contribution < -0.4 is 16.4 Å². The third-order valence-corrected chi connectivity index (χ3v) is 4.37. The maximum absolute atomic E-state index is 12.2. The first kappa shape index (κ1) is 17.9. The molecule has 0 fully saturated rings. The molecule has 7 nitrogen and oxygen atoms in total. The van der Waals surface area contributed by atoms with E-state index in [2.05, 4.69) is 20.8 Å². The highest BCUT2D eigenvalue weighted by Gasteiger charge is 2.20. The van der Waals surface area contributed by atoms with Gasteiger partial charge >= 0.3 is 0 Å². The lowest BCUT2D eigenvalue weighted by atomic mass is 9.94. The molecular weight excluding hydrogens is 306 g/mol. The number of benzene rings is 1. The van der Waals surface area contributed by atoms with Crippen LogP contribution in [0.15, 0.2) is 24.3 Å². The number of nitrogens with two attached hydrogens (primary N) is 1. The molecular formula is C17H25N5O2. The van der Waals surface area contributed by atoms with Gasteiger partial charge in [0.25, 0.3) is 5.91 Å². The van der Waals surface area contributed by atoms with Crippen molar-refractivity contribution in [3.05, 3.63) is 30.0 Å². The van der Waals surface area contributed by atoms with E-state index in [4.69, 9.17) is 5.73 Å². The van der Waals surface area contributed by atoms with Crippen LogP contribution in [0, 0.1) is 0 Å². The number of para-hydroxylation sites is 1. The average molecular weight is 331 g/mol. The Morgan fingerprint density at radius 3 is 2.62 bits per heavy atom. The summed E-state index contributed by atoms with van der Waals surface area (Å²) in [6.45, 7) is 4.70. The molecule has 0 bridgehead atoms. The van der Waals surface area contributed by atoms with E-state index in [1.807, 2.05) is 38.1 Å². The number of H-pyrrole nitrogens is 1. The Bertz CT molecular complexity index is 706. The number of aromatic nitrogens is 2. The van der Waals surface area contributed by atoms with E-state index in [0.29, 0.717) is 12.2 Å². The minimum absolute atomic E-state index is 0.126. The lowest BCUT2D eigenvalue weighted by molar-refractivity contribution is -0.121. The molecule has 0 saturated carbocycles. The van der Waals surface area contributed by atoms with Gasteiger partial charge in [-0.1, -0.05) is 32.0 Å². The van der Waals surface area contributed by atoms with E-state index >= 15 is 0 Å². The summed E-state index contributed by atoms with van der Waals surface area (Å²) in [7, 11) is 0. The SMILES string of the molecule is CCC(N)(CC)CNC(=O)CCNC(=O)c1n[nH]c2ccccc12. The summed E-state index contributed by atoms with van der Waals surface area (Å²) >= 11 is 0. The van der Waals surface area contributed by atoms with E-state index < -0.39 is 0 Å². The van der Waals surface area contributed by atoms with Crippen LogP contribution in [0.5, 0.6) is 0 Å². The molecule has 1 heterocycles. The Hall–Kier alpha value is -2.41. The first-order valence-corrected chi connectivity index (χ1v) is 8.26. The van der Waals surface area contributed by atoms with Gasteiger partial charge in [0.15, 0.2) is 5.69 Å². The van der Waals surface area contributed by atoms with Gasteiger partial charge < -0.3 is 16.4 Å². The summed E-state index contributed by atoms with van der Waals surface area (Å²) in [5.41, 5.74) is 6.92. The highest BCUT2D eigenvalue weighted by Crippen LogP contribution is 2.14. The van der Waals surface area contributed by atoms with Crippen LogP contribution >= 0.6 is 0 Å². The second-order valence-corrected chi connectivity index (χ2v) is 5.97. The third kappa shape index (κ3) is 4.32. The van der Waals surface area contributed by atoms with Crippen LogP contribution in [0.4, 0.5) is 0 Å². The summed E-state index contributed by atoms with van der Waals surface area (Å²) in [6.07, 6.45) is 1.80. The number of carbonyl (C=O) groups excluding carboxylic acids is 2. The lowest BCUT2D eigenvalue weighted by Crippen LogP contribution is -2.49. The zero-order chi connectivity index (χ0) is 17.6. The first-order valence-electron chi connectivity index (χ1n) is 8.26. The van der Waals surface area contributed by atoms with Crippen molar-refractivity contribution >= 4 is 22.7 Å². The molecule has 130 valence electrons. The van der Waals surface area contributed by atoms with Gasteiger partial charge in [0.2, 0.25) is 5.91 Å². The summed E-state index contributed by atoms with van der Waals surface area (Å²) in [4.78, 5) is 24.0. The van der Waals surface area contributed by atoms with Gasteiger partial charge in [-0.25, -0.2) is 0 Å². The minimum Gasteiger partial charge on any atom is -0.354 e. The van der Waals surface area contributed by atoms with Gasteiger partial charge in [0, 0.05) is 30.4 Å². The number of nitrogens with one attached hydrogen (secondary N) is 3. The molecule has 0 radical (unpaired) electrons. The maximum atomic E-state index is 12.2. The van der Waals surface area contributed by atoms with Crippen molar-refractivity contribution in [1.29, 1.82) is 0 Å². The Morgan fingerprint density at radius 1 is 1.21 bits per heavy atom. The highest BCUT2D eigenvalue weighted by atomic mass is 16.2.